The maximum absolute atomic E-state index is 12.9. The fourth-order valence-electron chi connectivity index (χ4n) is 3.78. The highest BCUT2D eigenvalue weighted by Crippen LogP contribution is 2.34. The number of hydroxylamine groups is 1. The van der Waals surface area contributed by atoms with Crippen molar-refractivity contribution in [2.45, 2.75) is 12.8 Å². The number of nitrogens with zero attached hydrogens (tertiary/aromatic N) is 7. The molecule has 14 heteroatoms. The zero-order valence-corrected chi connectivity index (χ0v) is 21.6. The maximum atomic E-state index is 12.9. The third-order valence-corrected chi connectivity index (χ3v) is 6.26. The number of pyridine rings is 2. The van der Waals surface area contributed by atoms with E-state index < -0.39 is 11.7 Å². The second-order valence-electron chi connectivity index (χ2n) is 8.25. The molecule has 1 aliphatic rings. The third kappa shape index (κ3) is 6.86. The largest absolute Gasteiger partial charge is 0.417 e. The quantitative estimate of drug-likeness (QED) is 0.176. The van der Waals surface area contributed by atoms with E-state index in [0.717, 1.165) is 17.8 Å². The number of nitrogens with one attached hydrogen (secondary N) is 1. The summed E-state index contributed by atoms with van der Waals surface area (Å²) in [7, 11) is 0. The van der Waals surface area contributed by atoms with Gasteiger partial charge < -0.3 is 9.80 Å². The van der Waals surface area contributed by atoms with E-state index in [4.69, 9.17) is 28.0 Å². The number of anilines is 2. The van der Waals surface area contributed by atoms with Gasteiger partial charge in [-0.05, 0) is 29.8 Å². The molecule has 2 aromatic heterocycles. The van der Waals surface area contributed by atoms with Crippen LogP contribution in [0, 0.1) is 22.7 Å². The summed E-state index contributed by atoms with van der Waals surface area (Å²) in [4.78, 5) is 21.5. The lowest BCUT2D eigenvalue weighted by molar-refractivity contribution is -0.137. The van der Waals surface area contributed by atoms with Crippen LogP contribution in [0.4, 0.5) is 30.6 Å². The summed E-state index contributed by atoms with van der Waals surface area (Å²) in [6.45, 7) is 1.71. The van der Waals surface area contributed by atoms with Crippen LogP contribution in [0.25, 0.3) is 0 Å². The van der Waals surface area contributed by atoms with Crippen molar-refractivity contribution in [3.63, 3.8) is 0 Å². The molecule has 1 aromatic carbocycles. The Kier molecular flexibility index (Phi) is 8.72. The Morgan fingerprint density at radius 2 is 1.64 bits per heavy atom. The fourth-order valence-corrected chi connectivity index (χ4v) is 4.19. The highest BCUT2D eigenvalue weighted by atomic mass is 35.5. The van der Waals surface area contributed by atoms with Crippen LogP contribution in [-0.4, -0.2) is 42.5 Å². The number of aliphatic imine (C=N–C) groups is 1. The van der Waals surface area contributed by atoms with Crippen molar-refractivity contribution in [1.29, 1.82) is 10.5 Å². The van der Waals surface area contributed by atoms with Crippen LogP contribution in [0.15, 0.2) is 47.6 Å². The van der Waals surface area contributed by atoms with Crippen molar-refractivity contribution in [3.8, 4) is 12.1 Å². The van der Waals surface area contributed by atoms with Gasteiger partial charge in [0.1, 0.15) is 30.1 Å². The fraction of sp³-hybridized carbons (Fsp3) is 0.240. The van der Waals surface area contributed by atoms with Crippen LogP contribution in [0.1, 0.15) is 22.3 Å². The van der Waals surface area contributed by atoms with Gasteiger partial charge in [0.05, 0.1) is 28.3 Å². The van der Waals surface area contributed by atoms with Crippen molar-refractivity contribution in [2.24, 2.45) is 4.99 Å². The number of piperazine rings is 1. The molecule has 1 fully saturated rings. The first-order chi connectivity index (χ1) is 18.7. The molecule has 1 saturated heterocycles. The molecule has 0 unspecified atom stereocenters. The summed E-state index contributed by atoms with van der Waals surface area (Å²) in [6.07, 6.45) is -2.55. The van der Waals surface area contributed by atoms with E-state index >= 15 is 0 Å². The van der Waals surface area contributed by atoms with Gasteiger partial charge in [0.25, 0.3) is 0 Å². The molecule has 0 bridgehead atoms. The molecule has 0 saturated carbocycles. The van der Waals surface area contributed by atoms with Crippen LogP contribution in [0.3, 0.4) is 0 Å². The molecular weight excluding hydrogens is 556 g/mol. The molecule has 0 radical (unpaired) electrons. The van der Waals surface area contributed by atoms with Crippen molar-refractivity contribution < 1.29 is 18.0 Å². The normalized spacial score (nSPS) is 13.8. The molecule has 4 rings (SSSR count). The first kappa shape index (κ1) is 27.9. The standard InChI is InChI=1S/C25H19Cl2F3N8O/c26-20-3-1-16(2-4-20)14-39-35-15-34-22-17(11-31)9-18(12-32)23(36-22)37-5-7-38(8-6-37)24-21(27)10-19(13-33-24)25(28,29)30/h1-4,9-10,13,15H,5-8,14H2,(H,34,35,36). The highest BCUT2D eigenvalue weighted by Gasteiger charge is 2.32. The van der Waals surface area contributed by atoms with Gasteiger partial charge in [-0.15, -0.1) is 0 Å². The van der Waals surface area contributed by atoms with E-state index in [1.54, 1.807) is 17.0 Å². The van der Waals surface area contributed by atoms with Crippen molar-refractivity contribution in [2.75, 3.05) is 36.0 Å². The SMILES string of the molecule is N#Cc1cc(C#N)c(N2CCN(c3ncc(C(F)(F)F)cc3Cl)CC2)nc1N=CNOCc1ccc(Cl)cc1. The number of hydrogen-bond donors (Lipinski definition) is 1. The van der Waals surface area contributed by atoms with Gasteiger partial charge in [0.2, 0.25) is 0 Å². The lowest BCUT2D eigenvalue weighted by Crippen LogP contribution is -2.47. The summed E-state index contributed by atoms with van der Waals surface area (Å²) in [5.74, 6) is 0.661. The second-order valence-corrected chi connectivity index (χ2v) is 9.09. The first-order valence-electron chi connectivity index (χ1n) is 11.4. The zero-order chi connectivity index (χ0) is 28.0. The average Bonchev–Trinajstić information content (AvgIpc) is 2.93. The third-order valence-electron chi connectivity index (χ3n) is 5.73. The minimum absolute atomic E-state index is 0.0870. The maximum Gasteiger partial charge on any atom is 0.417 e. The Bertz CT molecular complexity index is 1440. The minimum atomic E-state index is -4.54. The zero-order valence-electron chi connectivity index (χ0n) is 20.1. The topological polar surface area (TPSA) is 113 Å². The van der Waals surface area contributed by atoms with Gasteiger partial charge in [-0.25, -0.2) is 15.0 Å². The van der Waals surface area contributed by atoms with E-state index in [1.807, 2.05) is 23.1 Å². The first-order valence-corrected chi connectivity index (χ1v) is 12.2. The molecule has 200 valence electrons. The van der Waals surface area contributed by atoms with Gasteiger partial charge in [-0.3, -0.25) is 10.3 Å². The molecule has 0 atom stereocenters. The van der Waals surface area contributed by atoms with Crippen molar-refractivity contribution in [1.82, 2.24) is 15.4 Å². The van der Waals surface area contributed by atoms with Gasteiger partial charge in [0.15, 0.2) is 5.82 Å². The highest BCUT2D eigenvalue weighted by molar-refractivity contribution is 6.33. The van der Waals surface area contributed by atoms with E-state index in [9.17, 15) is 23.7 Å². The lowest BCUT2D eigenvalue weighted by atomic mass is 10.1. The molecule has 3 heterocycles. The lowest BCUT2D eigenvalue weighted by Gasteiger charge is -2.36. The summed E-state index contributed by atoms with van der Waals surface area (Å²) in [6, 6.07) is 13.4. The van der Waals surface area contributed by atoms with Gasteiger partial charge in [-0.2, -0.15) is 23.7 Å². The Hall–Kier alpha value is -4.10. The van der Waals surface area contributed by atoms with Crippen LogP contribution >= 0.6 is 23.2 Å². The molecule has 1 aliphatic heterocycles. The Labute approximate surface area is 231 Å². The summed E-state index contributed by atoms with van der Waals surface area (Å²) < 4.78 is 38.8. The van der Waals surface area contributed by atoms with Crippen molar-refractivity contribution in [3.05, 3.63) is 74.9 Å². The smallest absolute Gasteiger partial charge is 0.352 e. The van der Waals surface area contributed by atoms with E-state index in [0.29, 0.717) is 37.0 Å². The molecule has 0 aliphatic carbocycles. The molecule has 0 spiro atoms. The molecule has 3 aromatic rings. The van der Waals surface area contributed by atoms with Gasteiger partial charge >= 0.3 is 6.18 Å². The van der Waals surface area contributed by atoms with Crippen LogP contribution < -0.4 is 15.3 Å². The van der Waals surface area contributed by atoms with Crippen molar-refractivity contribution >= 4 is 47.0 Å². The number of alkyl halides is 3. The Morgan fingerprint density at radius 3 is 2.23 bits per heavy atom. The number of nitriles is 2. The predicted molar refractivity (Wildman–Crippen MR) is 140 cm³/mol. The Morgan fingerprint density at radius 1 is 1.00 bits per heavy atom. The van der Waals surface area contributed by atoms with Gasteiger partial charge in [0, 0.05) is 37.4 Å². The van der Waals surface area contributed by atoms with E-state index in [2.05, 4.69) is 26.5 Å². The summed E-state index contributed by atoms with van der Waals surface area (Å²) in [5, 5.41) is 19.7. The second kappa shape index (κ2) is 12.2. The number of rotatable bonds is 7. The summed E-state index contributed by atoms with van der Waals surface area (Å²) in [5.41, 5.74) is 2.82. The molecule has 0 amide bonds. The Balaban J connectivity index is 1.44. The monoisotopic (exact) mass is 574 g/mol. The minimum Gasteiger partial charge on any atom is -0.352 e. The number of halogens is 5. The molecule has 39 heavy (non-hydrogen) atoms. The van der Waals surface area contributed by atoms with Crippen LogP contribution in [0.5, 0.6) is 0 Å². The number of aromatic nitrogens is 2. The molecule has 9 nitrogen and oxygen atoms in total. The van der Waals surface area contributed by atoms with Crippen LogP contribution in [-0.2, 0) is 17.6 Å². The average molecular weight is 575 g/mol. The molecular formula is C25H19Cl2F3N8O. The van der Waals surface area contributed by atoms with Gasteiger partial charge in [-0.1, -0.05) is 35.3 Å². The number of hydrogen-bond acceptors (Lipinski definition) is 8. The number of benzene rings is 1. The predicted octanol–water partition coefficient (Wildman–Crippen LogP) is 5.25. The van der Waals surface area contributed by atoms with E-state index in [-0.39, 0.29) is 34.4 Å². The van der Waals surface area contributed by atoms with Crippen LogP contribution in [0.2, 0.25) is 10.0 Å². The van der Waals surface area contributed by atoms with E-state index in [1.165, 1.54) is 12.4 Å². The summed E-state index contributed by atoms with van der Waals surface area (Å²) >= 11 is 12.0. The molecule has 1 N–H and O–H groups in total.